The third-order valence-corrected chi connectivity index (χ3v) is 5.70. The molecule has 0 aliphatic carbocycles. The number of ether oxygens (including phenoxy) is 1. The number of benzene rings is 2. The smallest absolute Gasteiger partial charge is 0.261 e. The van der Waals surface area contributed by atoms with Crippen molar-refractivity contribution < 1.29 is 14.3 Å². The largest absolute Gasteiger partial charge is 0.496 e. The lowest BCUT2D eigenvalue weighted by atomic mass is 10.0. The fourth-order valence-electron chi connectivity index (χ4n) is 4.09. The molecule has 0 fully saturated rings. The van der Waals surface area contributed by atoms with Crippen LogP contribution >= 0.6 is 0 Å². The van der Waals surface area contributed by atoms with Crippen molar-refractivity contribution in [1.29, 1.82) is 0 Å². The number of anilines is 1. The summed E-state index contributed by atoms with van der Waals surface area (Å²) in [5.74, 6) is 0.215. The molecule has 1 N–H and O–H groups in total. The van der Waals surface area contributed by atoms with Crippen molar-refractivity contribution in [3.63, 3.8) is 0 Å². The second-order valence-corrected chi connectivity index (χ2v) is 7.88. The first-order chi connectivity index (χ1) is 15.0. The monoisotopic (exact) mass is 417 g/mol. The first kappa shape index (κ1) is 20.7. The highest BCUT2D eigenvalue weighted by Crippen LogP contribution is 2.44. The molecule has 6 heteroatoms. The minimum Gasteiger partial charge on any atom is -0.496 e. The lowest BCUT2D eigenvalue weighted by Gasteiger charge is -2.22. The van der Waals surface area contributed by atoms with Gasteiger partial charge < -0.3 is 19.9 Å². The van der Waals surface area contributed by atoms with Gasteiger partial charge in [0.05, 0.1) is 29.7 Å². The topological polar surface area (TPSA) is 61.9 Å². The second kappa shape index (κ2) is 8.30. The number of carbonyl (C=O) groups is 2. The van der Waals surface area contributed by atoms with E-state index in [9.17, 15) is 9.59 Å². The molecule has 2 heterocycles. The van der Waals surface area contributed by atoms with Crippen molar-refractivity contribution in [2.24, 2.45) is 0 Å². The molecule has 0 unspecified atom stereocenters. The van der Waals surface area contributed by atoms with E-state index in [1.807, 2.05) is 67.5 Å². The van der Waals surface area contributed by atoms with Gasteiger partial charge in [0.15, 0.2) is 0 Å². The van der Waals surface area contributed by atoms with Gasteiger partial charge in [-0.3, -0.25) is 9.59 Å². The molecule has 31 heavy (non-hydrogen) atoms. The van der Waals surface area contributed by atoms with Crippen LogP contribution in [0.5, 0.6) is 5.75 Å². The van der Waals surface area contributed by atoms with E-state index in [0.29, 0.717) is 40.4 Å². The molecule has 0 spiro atoms. The third-order valence-electron chi connectivity index (χ3n) is 5.70. The molecular weight excluding hydrogens is 390 g/mol. The van der Waals surface area contributed by atoms with Gasteiger partial charge in [0.1, 0.15) is 5.75 Å². The van der Waals surface area contributed by atoms with E-state index in [4.69, 9.17) is 4.74 Å². The Kier molecular flexibility index (Phi) is 5.55. The Morgan fingerprint density at radius 2 is 1.71 bits per heavy atom. The van der Waals surface area contributed by atoms with Crippen LogP contribution in [0.1, 0.15) is 30.9 Å². The van der Waals surface area contributed by atoms with Crippen molar-refractivity contribution in [3.8, 4) is 5.75 Å². The Balaban J connectivity index is 1.91. The Morgan fingerprint density at radius 1 is 1.00 bits per heavy atom. The van der Waals surface area contributed by atoms with Crippen molar-refractivity contribution in [1.82, 2.24) is 10.2 Å². The highest BCUT2D eigenvalue weighted by atomic mass is 16.5. The molecule has 2 aromatic carbocycles. The molecule has 2 aromatic rings. The number of hydrogen-bond donors (Lipinski definition) is 1. The zero-order chi connectivity index (χ0) is 22.1. The first-order valence-corrected chi connectivity index (χ1v) is 10.5. The summed E-state index contributed by atoms with van der Waals surface area (Å²) >= 11 is 0. The number of rotatable bonds is 7. The molecule has 2 amide bonds. The normalized spacial score (nSPS) is 15.5. The number of fused-ring (bicyclic) bond motifs is 1. The van der Waals surface area contributed by atoms with Gasteiger partial charge in [-0.1, -0.05) is 37.6 Å². The number of nitrogens with zero attached hydrogens (tertiary/aromatic N) is 2. The standard InChI is InChI=1S/C25H27N3O3/c1-5-6-15-28-23(16-11-13-17(14-12-16)27(2)3)21-20(25(28)30)22(26-24(21)29)18-9-7-8-10-19(18)31-4/h7-14H,5-6,15H2,1-4H3,(H,26,29). The number of para-hydroxylation sites is 1. The zero-order valence-corrected chi connectivity index (χ0v) is 18.4. The van der Waals surface area contributed by atoms with Crippen LogP contribution in [-0.2, 0) is 9.59 Å². The second-order valence-electron chi connectivity index (χ2n) is 7.88. The first-order valence-electron chi connectivity index (χ1n) is 10.5. The predicted molar refractivity (Wildman–Crippen MR) is 122 cm³/mol. The van der Waals surface area contributed by atoms with E-state index in [-0.39, 0.29) is 11.8 Å². The summed E-state index contributed by atoms with van der Waals surface area (Å²) in [6.07, 6.45) is 1.81. The third kappa shape index (κ3) is 3.48. The summed E-state index contributed by atoms with van der Waals surface area (Å²) in [6, 6.07) is 15.4. The van der Waals surface area contributed by atoms with Crippen LogP contribution in [0.4, 0.5) is 5.69 Å². The predicted octanol–water partition coefficient (Wildman–Crippen LogP) is 3.66. The van der Waals surface area contributed by atoms with Gasteiger partial charge in [0.25, 0.3) is 11.8 Å². The van der Waals surface area contributed by atoms with Crippen LogP contribution < -0.4 is 15.0 Å². The van der Waals surface area contributed by atoms with E-state index in [1.54, 1.807) is 12.0 Å². The summed E-state index contributed by atoms with van der Waals surface area (Å²) in [6.45, 7) is 2.66. The van der Waals surface area contributed by atoms with E-state index in [1.165, 1.54) is 0 Å². The highest BCUT2D eigenvalue weighted by Gasteiger charge is 2.45. The van der Waals surface area contributed by atoms with Crippen LogP contribution in [-0.4, -0.2) is 44.5 Å². The molecular formula is C25H27N3O3. The Labute approximate surface area is 182 Å². The van der Waals surface area contributed by atoms with Gasteiger partial charge >= 0.3 is 0 Å². The molecule has 0 saturated carbocycles. The number of carbonyl (C=O) groups excluding carboxylic acids is 2. The Hall–Kier alpha value is -3.54. The molecule has 0 atom stereocenters. The number of methoxy groups -OCH3 is 1. The summed E-state index contributed by atoms with van der Waals surface area (Å²) in [5.41, 5.74) is 4.69. The minimum absolute atomic E-state index is 0.144. The average molecular weight is 418 g/mol. The van der Waals surface area contributed by atoms with Gasteiger partial charge in [0, 0.05) is 31.9 Å². The molecule has 0 radical (unpaired) electrons. The fourth-order valence-corrected chi connectivity index (χ4v) is 4.09. The van der Waals surface area contributed by atoms with Crippen molar-refractivity contribution >= 4 is 28.9 Å². The van der Waals surface area contributed by atoms with Gasteiger partial charge in [-0.15, -0.1) is 0 Å². The van der Waals surface area contributed by atoms with Crippen LogP contribution in [0, 0.1) is 0 Å². The number of hydrogen-bond acceptors (Lipinski definition) is 4. The maximum Gasteiger partial charge on any atom is 0.261 e. The number of nitrogens with one attached hydrogen (secondary N) is 1. The molecule has 0 aromatic heterocycles. The highest BCUT2D eigenvalue weighted by molar-refractivity contribution is 6.30. The Bertz CT molecular complexity index is 1100. The molecule has 0 saturated heterocycles. The molecule has 160 valence electrons. The van der Waals surface area contributed by atoms with Gasteiger partial charge in [-0.2, -0.15) is 0 Å². The average Bonchev–Trinajstić information content (AvgIpc) is 3.27. The SMILES string of the molecule is CCCCN1C(=O)C2=C(c3ccccc3OC)NC(=O)C2=C1c1ccc(N(C)C)cc1. The van der Waals surface area contributed by atoms with E-state index < -0.39 is 0 Å². The van der Waals surface area contributed by atoms with Crippen LogP contribution in [0.15, 0.2) is 59.7 Å². The summed E-state index contributed by atoms with van der Waals surface area (Å²) in [7, 11) is 5.54. The van der Waals surface area contributed by atoms with E-state index in [2.05, 4.69) is 12.2 Å². The van der Waals surface area contributed by atoms with Gasteiger partial charge in [0.2, 0.25) is 0 Å². The number of unbranched alkanes of at least 4 members (excludes halogenated alkanes) is 1. The zero-order valence-electron chi connectivity index (χ0n) is 18.4. The molecule has 6 nitrogen and oxygen atoms in total. The van der Waals surface area contributed by atoms with Crippen molar-refractivity contribution in [2.75, 3.05) is 32.6 Å². The van der Waals surface area contributed by atoms with E-state index >= 15 is 0 Å². The van der Waals surface area contributed by atoms with Crippen LogP contribution in [0.3, 0.4) is 0 Å². The summed E-state index contributed by atoms with van der Waals surface area (Å²) < 4.78 is 5.48. The minimum atomic E-state index is -0.255. The maximum atomic E-state index is 13.6. The van der Waals surface area contributed by atoms with Gasteiger partial charge in [-0.25, -0.2) is 0 Å². The maximum absolute atomic E-state index is 13.6. The molecule has 2 aliphatic rings. The molecule has 4 rings (SSSR count). The van der Waals surface area contributed by atoms with Crippen molar-refractivity contribution in [2.45, 2.75) is 19.8 Å². The quantitative estimate of drug-likeness (QED) is 0.747. The summed E-state index contributed by atoms with van der Waals surface area (Å²) in [4.78, 5) is 30.5. The van der Waals surface area contributed by atoms with E-state index in [0.717, 1.165) is 24.1 Å². The van der Waals surface area contributed by atoms with Crippen LogP contribution in [0.2, 0.25) is 0 Å². The van der Waals surface area contributed by atoms with Gasteiger partial charge in [-0.05, 0) is 36.2 Å². The molecule has 0 bridgehead atoms. The molecule has 2 aliphatic heterocycles. The fraction of sp³-hybridized carbons (Fsp3) is 0.280. The lowest BCUT2D eigenvalue weighted by Crippen LogP contribution is -2.28. The summed E-state index contributed by atoms with van der Waals surface area (Å²) in [5, 5.41) is 2.93. The number of amides is 2. The Morgan fingerprint density at radius 3 is 2.35 bits per heavy atom. The van der Waals surface area contributed by atoms with Crippen LogP contribution in [0.25, 0.3) is 11.4 Å². The lowest BCUT2D eigenvalue weighted by molar-refractivity contribution is -0.123. The van der Waals surface area contributed by atoms with Crippen molar-refractivity contribution in [3.05, 3.63) is 70.8 Å².